The molecule has 1 aliphatic carbocycles. The van der Waals surface area contributed by atoms with Gasteiger partial charge < -0.3 is 4.74 Å². The highest BCUT2D eigenvalue weighted by Gasteiger charge is 2.20. The monoisotopic (exact) mass is 312 g/mol. The maximum absolute atomic E-state index is 5.96. The predicted octanol–water partition coefficient (Wildman–Crippen LogP) is 4.02. The Kier molecular flexibility index (Phi) is 3.20. The number of hydrogen-bond donors (Lipinski definition) is 0. The standard InChI is InChI=1S/C12H13BrN2OS/c13-12-10(16-9-4-1-2-5-9)8-14-15(12)11-6-3-7-17-11/h3,6-9H,1-2,4-5H2. The van der Waals surface area contributed by atoms with Crippen LogP contribution in [0.25, 0.3) is 5.00 Å². The van der Waals surface area contributed by atoms with Gasteiger partial charge in [0.1, 0.15) is 5.00 Å². The van der Waals surface area contributed by atoms with Crippen molar-refractivity contribution in [3.63, 3.8) is 0 Å². The third-order valence-corrected chi connectivity index (χ3v) is 4.56. The van der Waals surface area contributed by atoms with Crippen LogP contribution in [0.4, 0.5) is 0 Å². The van der Waals surface area contributed by atoms with E-state index in [-0.39, 0.29) is 0 Å². The largest absolute Gasteiger partial charge is 0.486 e. The zero-order valence-electron chi connectivity index (χ0n) is 9.30. The van der Waals surface area contributed by atoms with Gasteiger partial charge >= 0.3 is 0 Å². The van der Waals surface area contributed by atoms with Crippen LogP contribution >= 0.6 is 27.3 Å². The first-order valence-corrected chi connectivity index (χ1v) is 7.46. The van der Waals surface area contributed by atoms with E-state index in [2.05, 4.69) is 21.0 Å². The quantitative estimate of drug-likeness (QED) is 0.856. The van der Waals surface area contributed by atoms with Crippen molar-refractivity contribution in [2.75, 3.05) is 0 Å². The SMILES string of the molecule is Brc1c(OC2CCCC2)cnn1-c1cccs1. The first-order chi connectivity index (χ1) is 8.34. The summed E-state index contributed by atoms with van der Waals surface area (Å²) in [4.78, 5) is 0. The summed E-state index contributed by atoms with van der Waals surface area (Å²) in [5.41, 5.74) is 0. The van der Waals surface area contributed by atoms with Gasteiger partial charge in [-0.05, 0) is 59.1 Å². The van der Waals surface area contributed by atoms with Crippen LogP contribution in [0.15, 0.2) is 28.3 Å². The molecule has 5 heteroatoms. The van der Waals surface area contributed by atoms with Crippen LogP contribution in [-0.2, 0) is 0 Å². The molecule has 1 aliphatic rings. The molecule has 0 aromatic carbocycles. The summed E-state index contributed by atoms with van der Waals surface area (Å²) in [7, 11) is 0. The van der Waals surface area contributed by atoms with Gasteiger partial charge in [0.2, 0.25) is 0 Å². The number of ether oxygens (including phenoxy) is 1. The first-order valence-electron chi connectivity index (χ1n) is 5.78. The van der Waals surface area contributed by atoms with Crippen LogP contribution in [0.1, 0.15) is 25.7 Å². The molecule has 1 saturated carbocycles. The molecule has 0 bridgehead atoms. The van der Waals surface area contributed by atoms with Crippen LogP contribution in [-0.4, -0.2) is 15.9 Å². The Morgan fingerprint density at radius 3 is 2.94 bits per heavy atom. The van der Waals surface area contributed by atoms with E-state index < -0.39 is 0 Å². The van der Waals surface area contributed by atoms with E-state index in [9.17, 15) is 0 Å². The second-order valence-electron chi connectivity index (χ2n) is 4.19. The molecule has 2 aromatic heterocycles. The number of nitrogens with zero attached hydrogens (tertiary/aromatic N) is 2. The summed E-state index contributed by atoms with van der Waals surface area (Å²) in [6, 6.07) is 4.06. The molecule has 0 N–H and O–H groups in total. The number of rotatable bonds is 3. The van der Waals surface area contributed by atoms with Gasteiger partial charge in [0.25, 0.3) is 0 Å². The van der Waals surface area contributed by atoms with Crippen molar-refractivity contribution < 1.29 is 4.74 Å². The Labute approximate surface area is 113 Å². The lowest BCUT2D eigenvalue weighted by Gasteiger charge is -2.11. The Morgan fingerprint density at radius 1 is 1.41 bits per heavy atom. The Hall–Kier alpha value is -0.810. The van der Waals surface area contributed by atoms with Crippen LogP contribution in [0.2, 0.25) is 0 Å². The molecular formula is C12H13BrN2OS. The molecule has 0 saturated heterocycles. The zero-order chi connectivity index (χ0) is 11.7. The van der Waals surface area contributed by atoms with Crippen molar-refractivity contribution in [2.24, 2.45) is 0 Å². The van der Waals surface area contributed by atoms with E-state index in [0.717, 1.165) is 28.2 Å². The molecule has 0 spiro atoms. The Bertz CT molecular complexity index is 489. The predicted molar refractivity (Wildman–Crippen MR) is 72.0 cm³/mol. The van der Waals surface area contributed by atoms with Gasteiger partial charge in [0.05, 0.1) is 12.3 Å². The van der Waals surface area contributed by atoms with E-state index in [0.29, 0.717) is 6.10 Å². The van der Waals surface area contributed by atoms with Crippen molar-refractivity contribution in [3.8, 4) is 10.8 Å². The smallest absolute Gasteiger partial charge is 0.172 e. The number of hydrogen-bond acceptors (Lipinski definition) is 3. The van der Waals surface area contributed by atoms with Crippen molar-refractivity contribution in [3.05, 3.63) is 28.3 Å². The van der Waals surface area contributed by atoms with Gasteiger partial charge in [-0.1, -0.05) is 0 Å². The van der Waals surface area contributed by atoms with Crippen molar-refractivity contribution in [1.29, 1.82) is 0 Å². The summed E-state index contributed by atoms with van der Waals surface area (Å²) in [5.74, 6) is 0.852. The van der Waals surface area contributed by atoms with Crippen LogP contribution in [0, 0.1) is 0 Å². The summed E-state index contributed by atoms with van der Waals surface area (Å²) in [6.45, 7) is 0. The molecule has 0 unspecified atom stereocenters. The normalized spacial score (nSPS) is 16.5. The van der Waals surface area contributed by atoms with E-state index in [1.807, 2.05) is 22.2 Å². The fraction of sp³-hybridized carbons (Fsp3) is 0.417. The number of aromatic nitrogens is 2. The van der Waals surface area contributed by atoms with Gasteiger partial charge in [-0.25, -0.2) is 4.68 Å². The molecule has 17 heavy (non-hydrogen) atoms. The van der Waals surface area contributed by atoms with Crippen molar-refractivity contribution in [2.45, 2.75) is 31.8 Å². The molecular weight excluding hydrogens is 300 g/mol. The lowest BCUT2D eigenvalue weighted by molar-refractivity contribution is 0.208. The summed E-state index contributed by atoms with van der Waals surface area (Å²) < 4.78 is 8.74. The molecule has 1 fully saturated rings. The summed E-state index contributed by atoms with van der Waals surface area (Å²) in [6.07, 6.45) is 7.05. The first kappa shape index (κ1) is 11.3. The minimum atomic E-state index is 0.368. The number of thiophene rings is 1. The molecule has 0 atom stereocenters. The Morgan fingerprint density at radius 2 is 2.24 bits per heavy atom. The van der Waals surface area contributed by atoms with Crippen molar-refractivity contribution >= 4 is 27.3 Å². The van der Waals surface area contributed by atoms with E-state index in [1.165, 1.54) is 12.8 Å². The van der Waals surface area contributed by atoms with E-state index in [4.69, 9.17) is 4.74 Å². The molecule has 3 nitrogen and oxygen atoms in total. The highest BCUT2D eigenvalue weighted by Crippen LogP contribution is 2.32. The van der Waals surface area contributed by atoms with Crippen LogP contribution in [0.3, 0.4) is 0 Å². The Balaban J connectivity index is 1.82. The highest BCUT2D eigenvalue weighted by molar-refractivity contribution is 9.10. The maximum Gasteiger partial charge on any atom is 0.172 e. The van der Waals surface area contributed by atoms with E-state index in [1.54, 1.807) is 17.5 Å². The second-order valence-corrected chi connectivity index (χ2v) is 5.86. The lowest BCUT2D eigenvalue weighted by Crippen LogP contribution is -2.10. The fourth-order valence-electron chi connectivity index (χ4n) is 2.13. The summed E-state index contributed by atoms with van der Waals surface area (Å²) in [5, 5.41) is 7.49. The average molecular weight is 313 g/mol. The molecule has 2 heterocycles. The number of halogens is 1. The minimum Gasteiger partial charge on any atom is -0.486 e. The molecule has 0 aliphatic heterocycles. The topological polar surface area (TPSA) is 27.1 Å². The van der Waals surface area contributed by atoms with Crippen molar-refractivity contribution in [1.82, 2.24) is 9.78 Å². The third-order valence-electron chi connectivity index (χ3n) is 2.99. The van der Waals surface area contributed by atoms with Gasteiger partial charge in [0, 0.05) is 0 Å². The van der Waals surface area contributed by atoms with E-state index >= 15 is 0 Å². The van der Waals surface area contributed by atoms with Gasteiger partial charge in [-0.15, -0.1) is 11.3 Å². The van der Waals surface area contributed by atoms with Crippen LogP contribution in [0.5, 0.6) is 5.75 Å². The molecule has 90 valence electrons. The van der Waals surface area contributed by atoms with Gasteiger partial charge in [0.15, 0.2) is 10.4 Å². The molecule has 0 amide bonds. The zero-order valence-corrected chi connectivity index (χ0v) is 11.7. The molecule has 2 aromatic rings. The molecule has 3 rings (SSSR count). The fourth-order valence-corrected chi connectivity index (χ4v) is 3.42. The van der Waals surface area contributed by atoms with Crippen LogP contribution < -0.4 is 4.74 Å². The van der Waals surface area contributed by atoms with Gasteiger partial charge in [-0.2, -0.15) is 5.10 Å². The maximum atomic E-state index is 5.96. The highest BCUT2D eigenvalue weighted by atomic mass is 79.9. The lowest BCUT2D eigenvalue weighted by atomic mass is 10.3. The third kappa shape index (κ3) is 2.26. The van der Waals surface area contributed by atoms with Gasteiger partial charge in [-0.3, -0.25) is 0 Å². The molecule has 0 radical (unpaired) electrons. The second kappa shape index (κ2) is 4.82. The summed E-state index contributed by atoms with van der Waals surface area (Å²) >= 11 is 5.22. The average Bonchev–Trinajstić information content (AvgIpc) is 3.03. The minimum absolute atomic E-state index is 0.368.